The van der Waals surface area contributed by atoms with Crippen molar-refractivity contribution in [3.8, 4) is 5.75 Å². The maximum atomic E-state index is 10.3. The first-order valence-corrected chi connectivity index (χ1v) is 2.80. The second-order valence-corrected chi connectivity index (χ2v) is 1.80. The highest BCUT2D eigenvalue weighted by atomic mass is 16.6. The number of nitrogens with two attached hydrogens (primary N) is 1. The SMILES string of the molecule is NOc1ccnc(C(=O)O)c1. The molecule has 1 aromatic heterocycles. The second kappa shape index (κ2) is 2.98. The molecule has 0 atom stereocenters. The van der Waals surface area contributed by atoms with Gasteiger partial charge in [0.1, 0.15) is 0 Å². The molecule has 58 valence electrons. The minimum absolute atomic E-state index is 0.0899. The van der Waals surface area contributed by atoms with Gasteiger partial charge in [-0.05, 0) is 0 Å². The van der Waals surface area contributed by atoms with Gasteiger partial charge in [-0.15, -0.1) is 0 Å². The van der Waals surface area contributed by atoms with Gasteiger partial charge in [-0.3, -0.25) is 0 Å². The van der Waals surface area contributed by atoms with Gasteiger partial charge in [-0.2, -0.15) is 5.90 Å². The number of carboxylic acids is 1. The van der Waals surface area contributed by atoms with Gasteiger partial charge in [0.05, 0.1) is 0 Å². The van der Waals surface area contributed by atoms with Crippen LogP contribution in [0.4, 0.5) is 0 Å². The van der Waals surface area contributed by atoms with Crippen molar-refractivity contribution < 1.29 is 14.7 Å². The zero-order chi connectivity index (χ0) is 8.27. The molecule has 1 rings (SSSR count). The minimum Gasteiger partial charge on any atom is -0.477 e. The number of hydrogen-bond acceptors (Lipinski definition) is 4. The zero-order valence-corrected chi connectivity index (χ0v) is 5.52. The van der Waals surface area contributed by atoms with Crippen molar-refractivity contribution in [3.63, 3.8) is 0 Å². The van der Waals surface area contributed by atoms with E-state index in [0.717, 1.165) is 0 Å². The summed E-state index contributed by atoms with van der Waals surface area (Å²) in [7, 11) is 0. The van der Waals surface area contributed by atoms with Crippen molar-refractivity contribution in [3.05, 3.63) is 24.0 Å². The lowest BCUT2D eigenvalue weighted by Gasteiger charge is -1.97. The Labute approximate surface area is 62.4 Å². The first-order chi connectivity index (χ1) is 5.24. The summed E-state index contributed by atoms with van der Waals surface area (Å²) < 4.78 is 0. The Kier molecular flexibility index (Phi) is 2.03. The highest BCUT2D eigenvalue weighted by molar-refractivity contribution is 5.85. The molecule has 5 nitrogen and oxygen atoms in total. The zero-order valence-electron chi connectivity index (χ0n) is 5.52. The number of aromatic carboxylic acids is 1. The van der Waals surface area contributed by atoms with Gasteiger partial charge in [0, 0.05) is 18.3 Å². The minimum atomic E-state index is -1.11. The molecular formula is C6H6N2O3. The summed E-state index contributed by atoms with van der Waals surface area (Å²) >= 11 is 0. The van der Waals surface area contributed by atoms with E-state index in [1.54, 1.807) is 0 Å². The van der Waals surface area contributed by atoms with E-state index in [9.17, 15) is 4.79 Å². The molecule has 0 aromatic carbocycles. The van der Waals surface area contributed by atoms with E-state index in [1.807, 2.05) is 0 Å². The third-order valence-electron chi connectivity index (χ3n) is 1.09. The van der Waals surface area contributed by atoms with Crippen LogP contribution in [0.15, 0.2) is 18.3 Å². The fourth-order valence-electron chi connectivity index (χ4n) is 0.601. The highest BCUT2D eigenvalue weighted by Crippen LogP contribution is 2.08. The van der Waals surface area contributed by atoms with Crippen molar-refractivity contribution >= 4 is 5.97 Å². The van der Waals surface area contributed by atoms with E-state index in [-0.39, 0.29) is 11.4 Å². The molecule has 0 bridgehead atoms. The fourth-order valence-corrected chi connectivity index (χ4v) is 0.601. The standard InChI is InChI=1S/C6H6N2O3/c7-11-4-1-2-8-5(3-4)6(9)10/h1-3H,7H2,(H,9,10). The molecule has 0 spiro atoms. The van der Waals surface area contributed by atoms with Crippen LogP contribution in [0.5, 0.6) is 5.75 Å². The summed E-state index contributed by atoms with van der Waals surface area (Å²) in [5.41, 5.74) is -0.0899. The summed E-state index contributed by atoms with van der Waals surface area (Å²) in [5, 5.41) is 8.45. The Morgan fingerprint density at radius 3 is 3.00 bits per heavy atom. The molecule has 0 aliphatic heterocycles. The topological polar surface area (TPSA) is 85.4 Å². The molecule has 1 aromatic rings. The summed E-state index contributed by atoms with van der Waals surface area (Å²) in [6.07, 6.45) is 1.31. The molecule has 0 unspecified atom stereocenters. The molecule has 11 heavy (non-hydrogen) atoms. The van der Waals surface area contributed by atoms with Crippen LogP contribution in [0, 0.1) is 0 Å². The summed E-state index contributed by atoms with van der Waals surface area (Å²) in [6.45, 7) is 0. The third-order valence-corrected chi connectivity index (χ3v) is 1.09. The van der Waals surface area contributed by atoms with Crippen LogP contribution in [0.25, 0.3) is 0 Å². The Morgan fingerprint density at radius 1 is 1.73 bits per heavy atom. The van der Waals surface area contributed by atoms with Crippen LogP contribution in [0.1, 0.15) is 10.5 Å². The summed E-state index contributed by atoms with van der Waals surface area (Å²) in [6, 6.07) is 2.70. The second-order valence-electron chi connectivity index (χ2n) is 1.80. The molecule has 0 saturated heterocycles. The fraction of sp³-hybridized carbons (Fsp3) is 0. The number of pyridine rings is 1. The normalized spacial score (nSPS) is 9.18. The monoisotopic (exact) mass is 154 g/mol. The average molecular weight is 154 g/mol. The number of aromatic nitrogens is 1. The van der Waals surface area contributed by atoms with Crippen molar-refractivity contribution in [2.24, 2.45) is 5.90 Å². The molecule has 1 heterocycles. The number of hydrogen-bond donors (Lipinski definition) is 2. The van der Waals surface area contributed by atoms with Gasteiger partial charge >= 0.3 is 5.97 Å². The predicted molar refractivity (Wildman–Crippen MR) is 36.0 cm³/mol. The van der Waals surface area contributed by atoms with Crippen LogP contribution >= 0.6 is 0 Å². The van der Waals surface area contributed by atoms with Crippen LogP contribution in [-0.4, -0.2) is 16.1 Å². The molecular weight excluding hydrogens is 148 g/mol. The van der Waals surface area contributed by atoms with Crippen molar-refractivity contribution in [2.45, 2.75) is 0 Å². The van der Waals surface area contributed by atoms with E-state index in [4.69, 9.17) is 11.0 Å². The molecule has 0 radical (unpaired) electrons. The van der Waals surface area contributed by atoms with E-state index < -0.39 is 5.97 Å². The van der Waals surface area contributed by atoms with Crippen LogP contribution in [0.2, 0.25) is 0 Å². The lowest BCUT2D eigenvalue weighted by molar-refractivity contribution is 0.0690. The predicted octanol–water partition coefficient (Wildman–Crippen LogP) is 0.0323. The smallest absolute Gasteiger partial charge is 0.354 e. The quantitative estimate of drug-likeness (QED) is 0.587. The summed E-state index contributed by atoms with van der Waals surface area (Å²) in [5.74, 6) is 3.97. The highest BCUT2D eigenvalue weighted by Gasteiger charge is 2.04. The van der Waals surface area contributed by atoms with Gasteiger partial charge in [0.25, 0.3) is 0 Å². The number of carboxylic acid groups (broad SMARTS) is 1. The van der Waals surface area contributed by atoms with Gasteiger partial charge in [0.15, 0.2) is 11.4 Å². The Bertz CT molecular complexity index is 274. The lowest BCUT2D eigenvalue weighted by atomic mass is 10.3. The summed E-state index contributed by atoms with van der Waals surface area (Å²) in [4.78, 5) is 18.2. The largest absolute Gasteiger partial charge is 0.477 e. The van der Waals surface area contributed by atoms with Crippen molar-refractivity contribution in [1.29, 1.82) is 0 Å². The van der Waals surface area contributed by atoms with E-state index in [1.165, 1.54) is 18.3 Å². The van der Waals surface area contributed by atoms with Gasteiger partial charge < -0.3 is 9.94 Å². The Hall–Kier alpha value is -1.62. The molecule has 0 amide bonds. The number of rotatable bonds is 2. The maximum Gasteiger partial charge on any atom is 0.354 e. The Morgan fingerprint density at radius 2 is 2.45 bits per heavy atom. The van der Waals surface area contributed by atoms with E-state index in [0.29, 0.717) is 0 Å². The molecule has 0 saturated carbocycles. The van der Waals surface area contributed by atoms with Crippen molar-refractivity contribution in [1.82, 2.24) is 4.98 Å². The van der Waals surface area contributed by atoms with E-state index >= 15 is 0 Å². The maximum absolute atomic E-state index is 10.3. The number of nitrogens with zero attached hydrogens (tertiary/aromatic N) is 1. The number of carbonyl (C=O) groups is 1. The van der Waals surface area contributed by atoms with Crippen molar-refractivity contribution in [2.75, 3.05) is 0 Å². The third kappa shape index (κ3) is 1.65. The van der Waals surface area contributed by atoms with Crippen LogP contribution in [0.3, 0.4) is 0 Å². The lowest BCUT2D eigenvalue weighted by Crippen LogP contribution is -2.05. The first kappa shape index (κ1) is 7.49. The van der Waals surface area contributed by atoms with Gasteiger partial charge in [0.2, 0.25) is 0 Å². The molecule has 5 heteroatoms. The van der Waals surface area contributed by atoms with Gasteiger partial charge in [-0.1, -0.05) is 0 Å². The van der Waals surface area contributed by atoms with Crippen LogP contribution < -0.4 is 10.7 Å². The van der Waals surface area contributed by atoms with E-state index in [2.05, 4.69) is 9.82 Å². The molecule has 0 aliphatic carbocycles. The molecule has 3 N–H and O–H groups in total. The average Bonchev–Trinajstić information content (AvgIpc) is 2.05. The molecule has 0 fully saturated rings. The Balaban J connectivity index is 3.01. The van der Waals surface area contributed by atoms with Gasteiger partial charge in [-0.25, -0.2) is 9.78 Å². The first-order valence-electron chi connectivity index (χ1n) is 2.80. The molecule has 0 aliphatic rings. The van der Waals surface area contributed by atoms with Crippen LogP contribution in [-0.2, 0) is 0 Å².